The van der Waals surface area contributed by atoms with Gasteiger partial charge in [-0.05, 0) is 36.8 Å². The summed E-state index contributed by atoms with van der Waals surface area (Å²) in [6.07, 6.45) is 1.34. The van der Waals surface area contributed by atoms with Crippen LogP contribution >= 0.6 is 12.2 Å². The first-order valence-corrected chi connectivity index (χ1v) is 8.80. The van der Waals surface area contributed by atoms with Crippen molar-refractivity contribution in [3.05, 3.63) is 59.8 Å². The van der Waals surface area contributed by atoms with Gasteiger partial charge in [0.1, 0.15) is 17.1 Å². The second-order valence-electron chi connectivity index (χ2n) is 6.04. The van der Waals surface area contributed by atoms with Crippen LogP contribution in [0.25, 0.3) is 0 Å². The van der Waals surface area contributed by atoms with E-state index in [0.29, 0.717) is 22.9 Å². The maximum atomic E-state index is 12.9. The number of nitrogens with zero attached hydrogens (tertiary/aromatic N) is 1. The molecule has 1 heterocycles. The van der Waals surface area contributed by atoms with Gasteiger partial charge in [0.2, 0.25) is 0 Å². The smallest absolute Gasteiger partial charge is 0.271 e. The van der Waals surface area contributed by atoms with Crippen LogP contribution in [0.1, 0.15) is 5.56 Å². The highest BCUT2D eigenvalue weighted by atomic mass is 32.1. The third-order valence-electron chi connectivity index (χ3n) is 4.10. The van der Waals surface area contributed by atoms with Crippen LogP contribution in [0.2, 0.25) is 0 Å². The van der Waals surface area contributed by atoms with Crippen molar-refractivity contribution in [3.63, 3.8) is 0 Å². The van der Waals surface area contributed by atoms with Crippen LogP contribution in [0.3, 0.4) is 0 Å². The molecule has 1 aliphatic rings. The van der Waals surface area contributed by atoms with Crippen LogP contribution in [0.5, 0.6) is 11.5 Å². The quantitative estimate of drug-likeness (QED) is 0.459. The summed E-state index contributed by atoms with van der Waals surface area (Å²) in [5, 5.41) is 5.54. The Morgan fingerprint density at radius 1 is 1.07 bits per heavy atom. The Kier molecular flexibility index (Phi) is 5.60. The average Bonchev–Trinajstić information content (AvgIpc) is 2.67. The van der Waals surface area contributed by atoms with Gasteiger partial charge in [0.15, 0.2) is 5.11 Å². The lowest BCUT2D eigenvalue weighted by Gasteiger charge is -2.29. The number of amides is 2. The SMILES string of the molecule is COc1cc(NC=C2C(=O)NC(=S)N(c3cccc(C)c3)C2=O)cc(OC)c1. The molecule has 0 aliphatic carbocycles. The molecule has 0 bridgehead atoms. The molecule has 0 atom stereocenters. The number of nitrogens with one attached hydrogen (secondary N) is 2. The molecule has 144 valence electrons. The van der Waals surface area contributed by atoms with Gasteiger partial charge in [-0.25, -0.2) is 0 Å². The van der Waals surface area contributed by atoms with Gasteiger partial charge >= 0.3 is 0 Å². The van der Waals surface area contributed by atoms with Gasteiger partial charge in [0, 0.05) is 30.1 Å². The summed E-state index contributed by atoms with van der Waals surface area (Å²) in [5.74, 6) is 0.0625. The number of carbonyl (C=O) groups excluding carboxylic acids is 2. The molecule has 28 heavy (non-hydrogen) atoms. The number of methoxy groups -OCH3 is 2. The van der Waals surface area contributed by atoms with E-state index >= 15 is 0 Å². The summed E-state index contributed by atoms with van der Waals surface area (Å²) >= 11 is 5.20. The summed E-state index contributed by atoms with van der Waals surface area (Å²) in [6, 6.07) is 12.5. The summed E-state index contributed by atoms with van der Waals surface area (Å²) in [6.45, 7) is 1.91. The van der Waals surface area contributed by atoms with Crippen molar-refractivity contribution in [2.45, 2.75) is 6.92 Å². The van der Waals surface area contributed by atoms with Crippen molar-refractivity contribution >= 4 is 40.5 Å². The van der Waals surface area contributed by atoms with Crippen LogP contribution in [-0.4, -0.2) is 31.1 Å². The van der Waals surface area contributed by atoms with E-state index in [4.69, 9.17) is 21.7 Å². The van der Waals surface area contributed by atoms with Crippen molar-refractivity contribution in [3.8, 4) is 11.5 Å². The molecule has 0 radical (unpaired) electrons. The first-order chi connectivity index (χ1) is 13.4. The van der Waals surface area contributed by atoms with Gasteiger partial charge in [0.25, 0.3) is 11.8 Å². The lowest BCUT2D eigenvalue weighted by molar-refractivity contribution is -0.122. The zero-order valence-corrected chi connectivity index (χ0v) is 16.4. The number of anilines is 2. The third-order valence-corrected chi connectivity index (χ3v) is 4.38. The Hall–Kier alpha value is -3.39. The van der Waals surface area contributed by atoms with Gasteiger partial charge in [-0.1, -0.05) is 12.1 Å². The van der Waals surface area contributed by atoms with Crippen LogP contribution in [0, 0.1) is 6.92 Å². The highest BCUT2D eigenvalue weighted by molar-refractivity contribution is 7.80. The van der Waals surface area contributed by atoms with Gasteiger partial charge in [-0.3, -0.25) is 19.8 Å². The zero-order chi connectivity index (χ0) is 20.3. The highest BCUT2D eigenvalue weighted by Gasteiger charge is 2.34. The first kappa shape index (κ1) is 19.4. The highest BCUT2D eigenvalue weighted by Crippen LogP contribution is 2.26. The minimum absolute atomic E-state index is 0.0424. The van der Waals surface area contributed by atoms with E-state index < -0.39 is 11.8 Å². The van der Waals surface area contributed by atoms with Crippen molar-refractivity contribution in [1.29, 1.82) is 0 Å². The molecule has 1 saturated heterocycles. The number of thiocarbonyl (C=S) groups is 1. The number of carbonyl (C=O) groups is 2. The maximum absolute atomic E-state index is 12.9. The lowest BCUT2D eigenvalue weighted by atomic mass is 10.1. The Morgan fingerprint density at radius 2 is 1.75 bits per heavy atom. The van der Waals surface area contributed by atoms with E-state index in [2.05, 4.69) is 10.6 Å². The Bertz CT molecular complexity index is 965. The molecule has 1 fully saturated rings. The minimum Gasteiger partial charge on any atom is -0.497 e. The van der Waals surface area contributed by atoms with Gasteiger partial charge in [-0.2, -0.15) is 0 Å². The molecule has 2 N–H and O–H groups in total. The van der Waals surface area contributed by atoms with Crippen molar-refractivity contribution in [2.75, 3.05) is 24.4 Å². The van der Waals surface area contributed by atoms with Crippen LogP contribution in [0.4, 0.5) is 11.4 Å². The lowest BCUT2D eigenvalue weighted by Crippen LogP contribution is -2.54. The van der Waals surface area contributed by atoms with E-state index in [1.165, 1.54) is 25.3 Å². The van der Waals surface area contributed by atoms with Gasteiger partial charge < -0.3 is 14.8 Å². The van der Waals surface area contributed by atoms with Crippen molar-refractivity contribution in [2.24, 2.45) is 0 Å². The maximum Gasteiger partial charge on any atom is 0.271 e. The second-order valence-corrected chi connectivity index (χ2v) is 6.43. The molecular weight excluding hydrogens is 378 g/mol. The molecule has 0 saturated carbocycles. The van der Waals surface area contributed by atoms with Crippen LogP contribution in [-0.2, 0) is 9.59 Å². The fourth-order valence-corrected chi connectivity index (χ4v) is 2.99. The number of aryl methyl sites for hydroxylation is 1. The minimum atomic E-state index is -0.568. The van der Waals surface area contributed by atoms with E-state index in [9.17, 15) is 9.59 Å². The number of rotatable bonds is 5. The second kappa shape index (κ2) is 8.10. The largest absolute Gasteiger partial charge is 0.497 e. The normalized spacial score (nSPS) is 15.5. The predicted octanol–water partition coefficient (Wildman–Crippen LogP) is 2.76. The monoisotopic (exact) mass is 397 g/mol. The molecule has 0 unspecified atom stereocenters. The van der Waals surface area contributed by atoms with Gasteiger partial charge in [-0.15, -0.1) is 0 Å². The van der Waals surface area contributed by atoms with E-state index in [1.54, 1.807) is 24.3 Å². The molecule has 0 aromatic heterocycles. The Morgan fingerprint density at radius 3 is 2.36 bits per heavy atom. The molecule has 2 aromatic carbocycles. The number of hydrogen-bond donors (Lipinski definition) is 2. The Labute approximate surface area is 167 Å². The molecular formula is C20H19N3O4S. The molecule has 1 aliphatic heterocycles. The fraction of sp³-hybridized carbons (Fsp3) is 0.150. The number of hydrogen-bond acceptors (Lipinski definition) is 6. The van der Waals surface area contributed by atoms with Crippen molar-refractivity contribution < 1.29 is 19.1 Å². The number of benzene rings is 2. The average molecular weight is 397 g/mol. The third kappa shape index (κ3) is 3.96. The molecule has 8 heteroatoms. The molecule has 7 nitrogen and oxygen atoms in total. The predicted molar refractivity (Wildman–Crippen MR) is 111 cm³/mol. The van der Waals surface area contributed by atoms with Gasteiger partial charge in [0.05, 0.1) is 19.9 Å². The summed E-state index contributed by atoms with van der Waals surface area (Å²) < 4.78 is 10.4. The van der Waals surface area contributed by atoms with E-state index in [1.807, 2.05) is 25.1 Å². The standard InChI is InChI=1S/C20H19N3O4S/c1-12-5-4-6-14(7-12)23-19(25)17(18(24)22-20(23)28)11-21-13-8-15(26-2)10-16(9-13)27-3/h4-11,21H,1-3H3,(H,22,24,28). The first-order valence-electron chi connectivity index (χ1n) is 8.39. The molecule has 3 rings (SSSR count). The topological polar surface area (TPSA) is 79.9 Å². The van der Waals surface area contributed by atoms with Crippen molar-refractivity contribution in [1.82, 2.24) is 5.32 Å². The molecule has 2 amide bonds. The molecule has 2 aromatic rings. The van der Waals surface area contributed by atoms with E-state index in [0.717, 1.165) is 5.56 Å². The van der Waals surface area contributed by atoms with Crippen LogP contribution in [0.15, 0.2) is 54.2 Å². The van der Waals surface area contributed by atoms with Crippen LogP contribution < -0.4 is 25.0 Å². The summed E-state index contributed by atoms with van der Waals surface area (Å²) in [7, 11) is 3.07. The van der Waals surface area contributed by atoms with E-state index in [-0.39, 0.29) is 10.7 Å². The number of ether oxygens (including phenoxy) is 2. The Balaban J connectivity index is 1.91. The fourth-order valence-electron chi connectivity index (χ4n) is 2.71. The molecule has 0 spiro atoms. The summed E-state index contributed by atoms with van der Waals surface area (Å²) in [4.78, 5) is 26.6. The summed E-state index contributed by atoms with van der Waals surface area (Å²) in [5.41, 5.74) is 2.08. The zero-order valence-electron chi connectivity index (χ0n) is 15.6.